The fourth-order valence-corrected chi connectivity index (χ4v) is 2.57. The summed E-state index contributed by atoms with van der Waals surface area (Å²) in [6.07, 6.45) is 0. The smallest absolute Gasteiger partial charge is 0.255 e. The summed E-state index contributed by atoms with van der Waals surface area (Å²) in [6, 6.07) is 5.37. The molecule has 2 rings (SSSR count). The van der Waals surface area contributed by atoms with Gasteiger partial charge in [-0.25, -0.2) is 0 Å². The standard InChI is InChI=1S/C13H15Cl2NO2/c1-9-2-3-11(12(15)6-9)13(17)16-4-5-18-8-10(16)7-14/h2-3,6,10H,4-5,7-8H2,1H3. The normalized spacial score (nSPS) is 19.9. The van der Waals surface area contributed by atoms with Crippen molar-refractivity contribution in [3.05, 3.63) is 34.3 Å². The van der Waals surface area contributed by atoms with Gasteiger partial charge in [0, 0.05) is 12.4 Å². The van der Waals surface area contributed by atoms with Crippen LogP contribution in [-0.2, 0) is 4.74 Å². The number of benzene rings is 1. The zero-order chi connectivity index (χ0) is 13.1. The van der Waals surface area contributed by atoms with Crippen molar-refractivity contribution in [2.75, 3.05) is 25.6 Å². The molecular formula is C13H15Cl2NO2. The van der Waals surface area contributed by atoms with Crippen LogP contribution in [0.1, 0.15) is 15.9 Å². The van der Waals surface area contributed by atoms with Crippen molar-refractivity contribution in [1.29, 1.82) is 0 Å². The van der Waals surface area contributed by atoms with Gasteiger partial charge >= 0.3 is 0 Å². The number of morpholine rings is 1. The first-order valence-electron chi connectivity index (χ1n) is 5.84. The molecule has 0 saturated carbocycles. The third-order valence-electron chi connectivity index (χ3n) is 3.02. The number of hydrogen-bond donors (Lipinski definition) is 0. The lowest BCUT2D eigenvalue weighted by Crippen LogP contribution is -2.49. The maximum atomic E-state index is 12.4. The van der Waals surface area contributed by atoms with E-state index in [9.17, 15) is 4.79 Å². The van der Waals surface area contributed by atoms with Crippen molar-refractivity contribution in [2.45, 2.75) is 13.0 Å². The Morgan fingerprint density at radius 3 is 3.00 bits per heavy atom. The summed E-state index contributed by atoms with van der Waals surface area (Å²) in [5, 5.41) is 0.486. The summed E-state index contributed by atoms with van der Waals surface area (Å²) in [6.45, 7) is 3.53. The highest BCUT2D eigenvalue weighted by molar-refractivity contribution is 6.33. The molecule has 0 bridgehead atoms. The van der Waals surface area contributed by atoms with Gasteiger partial charge in [-0.1, -0.05) is 17.7 Å². The van der Waals surface area contributed by atoms with Crippen LogP contribution in [0.15, 0.2) is 18.2 Å². The number of ether oxygens (including phenoxy) is 1. The van der Waals surface area contributed by atoms with Crippen molar-refractivity contribution in [3.8, 4) is 0 Å². The van der Waals surface area contributed by atoms with Gasteiger partial charge in [0.1, 0.15) is 0 Å². The minimum Gasteiger partial charge on any atom is -0.377 e. The van der Waals surface area contributed by atoms with Gasteiger partial charge in [0.2, 0.25) is 0 Å². The fourth-order valence-electron chi connectivity index (χ4n) is 2.00. The summed E-state index contributed by atoms with van der Waals surface area (Å²) >= 11 is 12.0. The van der Waals surface area contributed by atoms with Crippen LogP contribution in [-0.4, -0.2) is 42.5 Å². The number of nitrogens with zero attached hydrogens (tertiary/aromatic N) is 1. The molecule has 1 saturated heterocycles. The molecule has 3 nitrogen and oxygen atoms in total. The number of alkyl halides is 1. The van der Waals surface area contributed by atoms with E-state index in [-0.39, 0.29) is 11.9 Å². The summed E-state index contributed by atoms with van der Waals surface area (Å²) in [5.74, 6) is 0.295. The van der Waals surface area contributed by atoms with Gasteiger partial charge in [-0.05, 0) is 24.6 Å². The highest BCUT2D eigenvalue weighted by Crippen LogP contribution is 2.21. The molecule has 5 heteroatoms. The van der Waals surface area contributed by atoms with E-state index in [1.54, 1.807) is 17.0 Å². The first kappa shape index (κ1) is 13.7. The number of amides is 1. The van der Waals surface area contributed by atoms with Crippen LogP contribution in [0.3, 0.4) is 0 Å². The molecular weight excluding hydrogens is 273 g/mol. The van der Waals surface area contributed by atoms with E-state index in [1.807, 2.05) is 13.0 Å². The minimum absolute atomic E-state index is 0.0750. The second kappa shape index (κ2) is 5.91. The van der Waals surface area contributed by atoms with E-state index in [4.69, 9.17) is 27.9 Å². The van der Waals surface area contributed by atoms with E-state index < -0.39 is 0 Å². The highest BCUT2D eigenvalue weighted by atomic mass is 35.5. The molecule has 0 radical (unpaired) electrons. The first-order valence-corrected chi connectivity index (χ1v) is 6.75. The maximum Gasteiger partial charge on any atom is 0.255 e. The lowest BCUT2D eigenvalue weighted by atomic mass is 10.1. The molecule has 1 aliphatic heterocycles. The average molecular weight is 288 g/mol. The molecule has 0 spiro atoms. The number of aryl methyl sites for hydroxylation is 1. The molecule has 0 N–H and O–H groups in total. The number of rotatable bonds is 2. The second-order valence-electron chi connectivity index (χ2n) is 4.36. The van der Waals surface area contributed by atoms with Crippen molar-refractivity contribution in [3.63, 3.8) is 0 Å². The number of hydrogen-bond acceptors (Lipinski definition) is 2. The van der Waals surface area contributed by atoms with Crippen LogP contribution >= 0.6 is 23.2 Å². The van der Waals surface area contributed by atoms with Gasteiger partial charge in [-0.15, -0.1) is 11.6 Å². The van der Waals surface area contributed by atoms with Crippen molar-refractivity contribution in [2.24, 2.45) is 0 Å². The highest BCUT2D eigenvalue weighted by Gasteiger charge is 2.28. The van der Waals surface area contributed by atoms with Crippen LogP contribution < -0.4 is 0 Å². The molecule has 1 atom stereocenters. The van der Waals surface area contributed by atoms with Crippen LogP contribution in [0.4, 0.5) is 0 Å². The Hall–Kier alpha value is -0.770. The molecule has 1 amide bonds. The van der Waals surface area contributed by atoms with Crippen LogP contribution in [0.5, 0.6) is 0 Å². The summed E-state index contributed by atoms with van der Waals surface area (Å²) in [4.78, 5) is 14.2. The number of carbonyl (C=O) groups excluding carboxylic acids is 1. The summed E-state index contributed by atoms with van der Waals surface area (Å²) in [5.41, 5.74) is 1.56. The lowest BCUT2D eigenvalue weighted by molar-refractivity contribution is 0.00457. The Bertz CT molecular complexity index is 451. The van der Waals surface area contributed by atoms with Gasteiger partial charge in [0.15, 0.2) is 0 Å². The Labute approximate surface area is 117 Å². The minimum atomic E-state index is -0.0784. The molecule has 1 fully saturated rings. The van der Waals surface area contributed by atoms with Crippen molar-refractivity contribution in [1.82, 2.24) is 4.90 Å². The molecule has 18 heavy (non-hydrogen) atoms. The maximum absolute atomic E-state index is 12.4. The van der Waals surface area contributed by atoms with Gasteiger partial charge in [0.25, 0.3) is 5.91 Å². The summed E-state index contributed by atoms with van der Waals surface area (Å²) in [7, 11) is 0. The Morgan fingerprint density at radius 1 is 1.56 bits per heavy atom. The molecule has 98 valence electrons. The van der Waals surface area contributed by atoms with Gasteiger partial charge in [-0.3, -0.25) is 4.79 Å². The number of carbonyl (C=O) groups is 1. The van der Waals surface area contributed by atoms with Gasteiger partial charge in [0.05, 0.1) is 29.8 Å². The van der Waals surface area contributed by atoms with Crippen LogP contribution in [0, 0.1) is 6.92 Å². The van der Waals surface area contributed by atoms with E-state index in [2.05, 4.69) is 0 Å². The number of halogens is 2. The molecule has 0 aliphatic carbocycles. The third-order valence-corrected chi connectivity index (χ3v) is 3.69. The average Bonchev–Trinajstić information content (AvgIpc) is 2.38. The topological polar surface area (TPSA) is 29.5 Å². The van der Waals surface area contributed by atoms with Crippen molar-refractivity contribution >= 4 is 29.1 Å². The Balaban J connectivity index is 2.24. The third kappa shape index (κ3) is 2.79. The zero-order valence-electron chi connectivity index (χ0n) is 10.2. The molecule has 1 aliphatic rings. The second-order valence-corrected chi connectivity index (χ2v) is 5.08. The fraction of sp³-hybridized carbons (Fsp3) is 0.462. The lowest BCUT2D eigenvalue weighted by Gasteiger charge is -2.34. The zero-order valence-corrected chi connectivity index (χ0v) is 11.7. The molecule has 1 heterocycles. The van der Waals surface area contributed by atoms with E-state index in [0.717, 1.165) is 5.56 Å². The van der Waals surface area contributed by atoms with E-state index >= 15 is 0 Å². The monoisotopic (exact) mass is 287 g/mol. The molecule has 1 unspecified atom stereocenters. The first-order chi connectivity index (χ1) is 8.63. The van der Waals surface area contributed by atoms with Gasteiger partial charge < -0.3 is 9.64 Å². The van der Waals surface area contributed by atoms with E-state index in [0.29, 0.717) is 36.2 Å². The van der Waals surface area contributed by atoms with Crippen LogP contribution in [0.2, 0.25) is 5.02 Å². The molecule has 0 aromatic heterocycles. The van der Waals surface area contributed by atoms with Gasteiger partial charge in [-0.2, -0.15) is 0 Å². The van der Waals surface area contributed by atoms with E-state index in [1.165, 1.54) is 0 Å². The molecule has 1 aromatic carbocycles. The van der Waals surface area contributed by atoms with Crippen molar-refractivity contribution < 1.29 is 9.53 Å². The summed E-state index contributed by atoms with van der Waals surface area (Å²) < 4.78 is 5.33. The predicted molar refractivity (Wildman–Crippen MR) is 72.6 cm³/mol. The Kier molecular flexibility index (Phi) is 4.49. The largest absolute Gasteiger partial charge is 0.377 e. The predicted octanol–water partition coefficient (Wildman–Crippen LogP) is 2.73. The SMILES string of the molecule is Cc1ccc(C(=O)N2CCOCC2CCl)c(Cl)c1. The Morgan fingerprint density at radius 2 is 2.33 bits per heavy atom. The quantitative estimate of drug-likeness (QED) is 0.783. The molecule has 1 aromatic rings. The van der Waals surface area contributed by atoms with Crippen LogP contribution in [0.25, 0.3) is 0 Å².